The summed E-state index contributed by atoms with van der Waals surface area (Å²) in [7, 11) is 0. The van der Waals surface area contributed by atoms with Gasteiger partial charge in [0.2, 0.25) is 0 Å². The SMILES string of the molecule is CCC1(NC(=O)c2ccc(Cl)c(Br)c2)CCC1. The molecule has 4 heteroatoms. The van der Waals surface area contributed by atoms with E-state index in [0.29, 0.717) is 10.6 Å². The van der Waals surface area contributed by atoms with Gasteiger partial charge in [-0.1, -0.05) is 18.5 Å². The predicted octanol–water partition coefficient (Wildman–Crippen LogP) is 4.17. The van der Waals surface area contributed by atoms with E-state index in [9.17, 15) is 4.79 Å². The van der Waals surface area contributed by atoms with E-state index in [1.54, 1.807) is 18.2 Å². The zero-order valence-corrected chi connectivity index (χ0v) is 12.1. The van der Waals surface area contributed by atoms with E-state index in [0.717, 1.165) is 23.7 Å². The van der Waals surface area contributed by atoms with Crippen molar-refractivity contribution in [3.8, 4) is 0 Å². The van der Waals surface area contributed by atoms with Gasteiger partial charge in [-0.3, -0.25) is 4.79 Å². The average molecular weight is 317 g/mol. The van der Waals surface area contributed by atoms with E-state index >= 15 is 0 Å². The van der Waals surface area contributed by atoms with E-state index in [1.807, 2.05) is 0 Å². The molecule has 1 aliphatic rings. The van der Waals surface area contributed by atoms with Gasteiger partial charge in [0.05, 0.1) is 5.02 Å². The Bertz CT molecular complexity index is 438. The molecule has 0 bridgehead atoms. The number of benzene rings is 1. The molecule has 1 N–H and O–H groups in total. The Morgan fingerprint density at radius 1 is 1.53 bits per heavy atom. The summed E-state index contributed by atoms with van der Waals surface area (Å²) in [5, 5.41) is 3.76. The molecule has 0 saturated heterocycles. The zero-order valence-electron chi connectivity index (χ0n) is 9.72. The van der Waals surface area contributed by atoms with Crippen molar-refractivity contribution in [2.45, 2.75) is 38.1 Å². The molecule has 17 heavy (non-hydrogen) atoms. The quantitative estimate of drug-likeness (QED) is 0.891. The molecule has 1 amide bonds. The Morgan fingerprint density at radius 2 is 2.24 bits per heavy atom. The molecule has 0 aliphatic heterocycles. The third-order valence-corrected chi connectivity index (χ3v) is 4.76. The second-order valence-corrected chi connectivity index (χ2v) is 5.83. The number of hydrogen-bond acceptors (Lipinski definition) is 1. The maximum Gasteiger partial charge on any atom is 0.251 e. The van der Waals surface area contributed by atoms with Crippen molar-refractivity contribution < 1.29 is 4.79 Å². The van der Waals surface area contributed by atoms with E-state index < -0.39 is 0 Å². The van der Waals surface area contributed by atoms with Crippen molar-refractivity contribution in [2.24, 2.45) is 0 Å². The van der Waals surface area contributed by atoms with Gasteiger partial charge in [-0.25, -0.2) is 0 Å². The summed E-state index contributed by atoms with van der Waals surface area (Å²) in [5.41, 5.74) is 0.685. The summed E-state index contributed by atoms with van der Waals surface area (Å²) in [5.74, 6) is -0.0103. The van der Waals surface area contributed by atoms with Crippen LogP contribution in [0, 0.1) is 0 Å². The minimum Gasteiger partial charge on any atom is -0.347 e. The molecular formula is C13H15BrClNO. The predicted molar refractivity (Wildman–Crippen MR) is 73.5 cm³/mol. The summed E-state index contributed by atoms with van der Waals surface area (Å²) < 4.78 is 0.756. The van der Waals surface area contributed by atoms with Crippen molar-refractivity contribution in [1.29, 1.82) is 0 Å². The van der Waals surface area contributed by atoms with Crippen LogP contribution in [0.4, 0.5) is 0 Å². The lowest BCUT2D eigenvalue weighted by atomic mass is 9.74. The second kappa shape index (κ2) is 4.99. The number of hydrogen-bond donors (Lipinski definition) is 1. The molecular weight excluding hydrogens is 302 g/mol. The number of amides is 1. The molecule has 0 heterocycles. The van der Waals surface area contributed by atoms with Crippen LogP contribution in [0.25, 0.3) is 0 Å². The maximum atomic E-state index is 12.1. The molecule has 92 valence electrons. The number of carbonyl (C=O) groups is 1. The summed E-state index contributed by atoms with van der Waals surface area (Å²) in [4.78, 5) is 12.1. The smallest absolute Gasteiger partial charge is 0.251 e. The van der Waals surface area contributed by atoms with Crippen LogP contribution in [-0.4, -0.2) is 11.4 Å². The topological polar surface area (TPSA) is 29.1 Å². The van der Waals surface area contributed by atoms with Crippen LogP contribution in [0.1, 0.15) is 43.0 Å². The highest BCUT2D eigenvalue weighted by Crippen LogP contribution is 2.35. The number of rotatable bonds is 3. The van der Waals surface area contributed by atoms with Gasteiger partial charge in [-0.05, 0) is 59.8 Å². The van der Waals surface area contributed by atoms with E-state index in [2.05, 4.69) is 28.2 Å². The van der Waals surface area contributed by atoms with Gasteiger partial charge < -0.3 is 5.32 Å². The van der Waals surface area contributed by atoms with Crippen molar-refractivity contribution in [3.63, 3.8) is 0 Å². The second-order valence-electron chi connectivity index (χ2n) is 4.57. The average Bonchev–Trinajstić information content (AvgIpc) is 2.27. The molecule has 0 atom stereocenters. The summed E-state index contributed by atoms with van der Waals surface area (Å²) in [6.45, 7) is 2.12. The van der Waals surface area contributed by atoms with Crippen LogP contribution in [0.5, 0.6) is 0 Å². The van der Waals surface area contributed by atoms with Crippen molar-refractivity contribution >= 4 is 33.4 Å². The number of nitrogens with one attached hydrogen (secondary N) is 1. The first-order valence-electron chi connectivity index (χ1n) is 5.84. The zero-order chi connectivity index (χ0) is 12.5. The number of carbonyl (C=O) groups excluding carboxylic acids is 1. The van der Waals surface area contributed by atoms with Gasteiger partial charge in [0.25, 0.3) is 5.91 Å². The lowest BCUT2D eigenvalue weighted by Crippen LogP contribution is -2.52. The molecule has 2 nitrogen and oxygen atoms in total. The highest BCUT2D eigenvalue weighted by atomic mass is 79.9. The van der Waals surface area contributed by atoms with Crippen LogP contribution in [0.15, 0.2) is 22.7 Å². The van der Waals surface area contributed by atoms with Crippen LogP contribution in [-0.2, 0) is 0 Å². The Kier molecular flexibility index (Phi) is 3.79. The summed E-state index contributed by atoms with van der Waals surface area (Å²) in [6.07, 6.45) is 4.37. The van der Waals surface area contributed by atoms with Crippen molar-refractivity contribution in [2.75, 3.05) is 0 Å². The molecule has 0 radical (unpaired) electrons. The van der Waals surface area contributed by atoms with Gasteiger partial charge in [0.15, 0.2) is 0 Å². The first kappa shape index (κ1) is 12.9. The Hall–Kier alpha value is -0.540. The van der Waals surface area contributed by atoms with Crippen LogP contribution >= 0.6 is 27.5 Å². The highest BCUT2D eigenvalue weighted by Gasteiger charge is 2.36. The third kappa shape index (κ3) is 2.66. The Balaban J connectivity index is 2.11. The van der Waals surface area contributed by atoms with Gasteiger partial charge in [-0.2, -0.15) is 0 Å². The summed E-state index contributed by atoms with van der Waals surface area (Å²) in [6, 6.07) is 5.25. The van der Waals surface area contributed by atoms with Crippen molar-refractivity contribution in [3.05, 3.63) is 33.3 Å². The standard InChI is InChI=1S/C13H15BrClNO/c1-2-13(6-3-7-13)16-12(17)9-4-5-11(15)10(14)8-9/h4-5,8H,2-3,6-7H2,1H3,(H,16,17). The van der Waals surface area contributed by atoms with E-state index in [4.69, 9.17) is 11.6 Å². The first-order valence-corrected chi connectivity index (χ1v) is 7.01. The Labute approximate surface area is 115 Å². The fourth-order valence-electron chi connectivity index (χ4n) is 2.12. The lowest BCUT2D eigenvalue weighted by molar-refractivity contribution is 0.0820. The maximum absolute atomic E-state index is 12.1. The Morgan fingerprint density at radius 3 is 2.71 bits per heavy atom. The van der Waals surface area contributed by atoms with E-state index in [-0.39, 0.29) is 11.4 Å². The van der Waals surface area contributed by atoms with Crippen LogP contribution in [0.3, 0.4) is 0 Å². The molecule has 1 fully saturated rings. The molecule has 0 aromatic heterocycles. The van der Waals surface area contributed by atoms with Gasteiger partial charge in [0, 0.05) is 15.6 Å². The normalized spacial score (nSPS) is 17.4. The van der Waals surface area contributed by atoms with Crippen molar-refractivity contribution in [1.82, 2.24) is 5.32 Å². The first-order chi connectivity index (χ1) is 8.06. The number of halogens is 2. The monoisotopic (exact) mass is 315 g/mol. The van der Waals surface area contributed by atoms with Gasteiger partial charge in [0.1, 0.15) is 0 Å². The third-order valence-electron chi connectivity index (χ3n) is 3.55. The molecule has 0 unspecified atom stereocenters. The molecule has 2 rings (SSSR count). The van der Waals surface area contributed by atoms with Gasteiger partial charge in [-0.15, -0.1) is 0 Å². The lowest BCUT2D eigenvalue weighted by Gasteiger charge is -2.42. The highest BCUT2D eigenvalue weighted by molar-refractivity contribution is 9.10. The minimum atomic E-state index is -0.0103. The van der Waals surface area contributed by atoms with Crippen LogP contribution in [0.2, 0.25) is 5.02 Å². The van der Waals surface area contributed by atoms with Gasteiger partial charge >= 0.3 is 0 Å². The molecule has 1 aromatic rings. The fraction of sp³-hybridized carbons (Fsp3) is 0.462. The van der Waals surface area contributed by atoms with Crippen LogP contribution < -0.4 is 5.32 Å². The molecule has 1 saturated carbocycles. The summed E-state index contributed by atoms with van der Waals surface area (Å²) >= 11 is 9.24. The molecule has 1 aliphatic carbocycles. The largest absolute Gasteiger partial charge is 0.347 e. The van der Waals surface area contributed by atoms with E-state index in [1.165, 1.54) is 6.42 Å². The molecule has 0 spiro atoms. The minimum absolute atomic E-state index is 0.0103. The molecule has 1 aromatic carbocycles. The fourth-order valence-corrected chi connectivity index (χ4v) is 2.62.